The van der Waals surface area contributed by atoms with Crippen molar-refractivity contribution in [2.45, 2.75) is 4.90 Å². The molecule has 5 nitrogen and oxygen atoms in total. The van der Waals surface area contributed by atoms with Gasteiger partial charge in [-0.25, -0.2) is 21.6 Å². The molecule has 0 saturated carbocycles. The summed E-state index contributed by atoms with van der Waals surface area (Å²) in [5.74, 6) is -2.18. The average Bonchev–Trinajstić information content (AvgIpc) is 2.65. The molecule has 1 N–H and O–H groups in total. The van der Waals surface area contributed by atoms with E-state index < -0.39 is 26.6 Å². The highest BCUT2D eigenvalue weighted by atomic mass is 32.2. The Bertz CT molecular complexity index is 944. The highest BCUT2D eigenvalue weighted by molar-refractivity contribution is 7.89. The standard InChI is InChI=1S/C17H16F3N3O2S2/c18-12-1-4-14(5-2-12)21-17(26)22-7-9-23(10-8-22)27(24,25)16-11-13(19)3-6-15(16)20/h1-6,11H,7-10H2,(H,21,26). The number of nitrogens with zero attached hydrogens (tertiary/aromatic N) is 2. The zero-order valence-electron chi connectivity index (χ0n) is 14.0. The van der Waals surface area contributed by atoms with Crippen LogP contribution < -0.4 is 5.32 Å². The number of piperazine rings is 1. The number of halogens is 3. The number of rotatable bonds is 3. The average molecular weight is 415 g/mol. The molecular formula is C17H16F3N3O2S2. The van der Waals surface area contributed by atoms with Gasteiger partial charge >= 0.3 is 0 Å². The summed E-state index contributed by atoms with van der Waals surface area (Å²) in [5, 5.41) is 3.32. The van der Waals surface area contributed by atoms with E-state index in [2.05, 4.69) is 5.32 Å². The van der Waals surface area contributed by atoms with Crippen molar-refractivity contribution in [2.24, 2.45) is 0 Å². The molecule has 2 aromatic carbocycles. The predicted octanol–water partition coefficient (Wildman–Crippen LogP) is 2.81. The first kappa shape index (κ1) is 19.6. The van der Waals surface area contributed by atoms with Crippen molar-refractivity contribution in [2.75, 3.05) is 31.5 Å². The van der Waals surface area contributed by atoms with E-state index >= 15 is 0 Å². The smallest absolute Gasteiger partial charge is 0.246 e. The molecule has 0 spiro atoms. The lowest BCUT2D eigenvalue weighted by atomic mass is 10.3. The Hall–Kier alpha value is -2.17. The van der Waals surface area contributed by atoms with E-state index in [1.807, 2.05) is 0 Å². The molecule has 0 unspecified atom stereocenters. The van der Waals surface area contributed by atoms with Gasteiger partial charge in [0.1, 0.15) is 22.3 Å². The first-order valence-electron chi connectivity index (χ1n) is 8.04. The first-order valence-corrected chi connectivity index (χ1v) is 9.89. The van der Waals surface area contributed by atoms with Crippen molar-refractivity contribution in [1.29, 1.82) is 0 Å². The van der Waals surface area contributed by atoms with Gasteiger partial charge in [-0.1, -0.05) is 0 Å². The minimum atomic E-state index is -4.14. The Balaban J connectivity index is 1.65. The van der Waals surface area contributed by atoms with Crippen molar-refractivity contribution in [3.63, 3.8) is 0 Å². The highest BCUT2D eigenvalue weighted by Crippen LogP contribution is 2.22. The molecule has 0 aliphatic carbocycles. The fourth-order valence-electron chi connectivity index (χ4n) is 2.68. The Morgan fingerprint density at radius 2 is 1.52 bits per heavy atom. The van der Waals surface area contributed by atoms with E-state index in [1.54, 1.807) is 4.90 Å². The molecule has 0 radical (unpaired) electrons. The lowest BCUT2D eigenvalue weighted by Crippen LogP contribution is -2.51. The third-order valence-corrected chi connectivity index (χ3v) is 6.41. The summed E-state index contributed by atoms with van der Waals surface area (Å²) < 4.78 is 66.4. The van der Waals surface area contributed by atoms with E-state index in [0.717, 1.165) is 16.4 Å². The molecule has 3 rings (SSSR count). The number of hydrogen-bond acceptors (Lipinski definition) is 3. The fourth-order valence-corrected chi connectivity index (χ4v) is 4.48. The van der Waals surface area contributed by atoms with Gasteiger partial charge in [0.15, 0.2) is 5.11 Å². The summed E-state index contributed by atoms with van der Waals surface area (Å²) in [6.45, 7) is 0.708. The van der Waals surface area contributed by atoms with Crippen molar-refractivity contribution in [3.8, 4) is 0 Å². The molecular weight excluding hydrogens is 399 g/mol. The van der Waals surface area contributed by atoms with Gasteiger partial charge < -0.3 is 10.2 Å². The Morgan fingerprint density at radius 3 is 2.15 bits per heavy atom. The summed E-state index contributed by atoms with van der Waals surface area (Å²) >= 11 is 5.30. The molecule has 0 aromatic heterocycles. The quantitative estimate of drug-likeness (QED) is 0.782. The largest absolute Gasteiger partial charge is 0.346 e. The lowest BCUT2D eigenvalue weighted by Gasteiger charge is -2.35. The number of thiocarbonyl (C=S) groups is 1. The SMILES string of the molecule is O=S(=O)(c1cc(F)ccc1F)N1CCN(C(=S)Nc2ccc(F)cc2)CC1. The van der Waals surface area contributed by atoms with Crippen LogP contribution in [0.25, 0.3) is 0 Å². The second-order valence-corrected chi connectivity index (χ2v) is 8.20. The van der Waals surface area contributed by atoms with Gasteiger partial charge in [-0.3, -0.25) is 0 Å². The van der Waals surface area contributed by atoms with Crippen LogP contribution in [0.5, 0.6) is 0 Å². The van der Waals surface area contributed by atoms with Crippen molar-refractivity contribution >= 4 is 33.0 Å². The second kappa shape index (κ2) is 7.83. The van der Waals surface area contributed by atoms with Crippen molar-refractivity contribution in [1.82, 2.24) is 9.21 Å². The molecule has 1 fully saturated rings. The van der Waals surface area contributed by atoms with Gasteiger partial charge in [0, 0.05) is 31.9 Å². The van der Waals surface area contributed by atoms with Crippen LogP contribution in [0.1, 0.15) is 0 Å². The van der Waals surface area contributed by atoms with Gasteiger partial charge in [-0.2, -0.15) is 4.31 Å². The molecule has 144 valence electrons. The molecule has 1 aliphatic rings. The van der Waals surface area contributed by atoms with Crippen LogP contribution in [0.4, 0.5) is 18.9 Å². The van der Waals surface area contributed by atoms with Crippen LogP contribution in [0.15, 0.2) is 47.4 Å². The number of anilines is 1. The summed E-state index contributed by atoms with van der Waals surface area (Å²) in [6.07, 6.45) is 0. The number of sulfonamides is 1. The Morgan fingerprint density at radius 1 is 0.926 bits per heavy atom. The minimum absolute atomic E-state index is 0.0729. The van der Waals surface area contributed by atoms with Crippen LogP contribution >= 0.6 is 12.2 Å². The summed E-state index contributed by atoms with van der Waals surface area (Å²) in [5.41, 5.74) is 0.610. The van der Waals surface area contributed by atoms with E-state index in [9.17, 15) is 21.6 Å². The molecule has 27 heavy (non-hydrogen) atoms. The molecule has 1 aliphatic heterocycles. The molecule has 10 heteroatoms. The van der Waals surface area contributed by atoms with Crippen LogP contribution in [0.2, 0.25) is 0 Å². The van der Waals surface area contributed by atoms with Gasteiger partial charge in [-0.05, 0) is 54.7 Å². The van der Waals surface area contributed by atoms with Crippen LogP contribution in [-0.4, -0.2) is 48.9 Å². The van der Waals surface area contributed by atoms with Crippen molar-refractivity contribution in [3.05, 3.63) is 59.9 Å². The highest BCUT2D eigenvalue weighted by Gasteiger charge is 2.31. The van der Waals surface area contributed by atoms with Crippen molar-refractivity contribution < 1.29 is 21.6 Å². The molecule has 1 heterocycles. The predicted molar refractivity (Wildman–Crippen MR) is 99.3 cm³/mol. The molecule has 0 bridgehead atoms. The maximum Gasteiger partial charge on any atom is 0.246 e. The maximum absolute atomic E-state index is 13.9. The third kappa shape index (κ3) is 4.40. The number of nitrogens with one attached hydrogen (secondary N) is 1. The van der Waals surface area contributed by atoms with E-state index in [0.29, 0.717) is 16.9 Å². The molecule has 0 amide bonds. The summed E-state index contributed by atoms with van der Waals surface area (Å²) in [7, 11) is -4.14. The summed E-state index contributed by atoms with van der Waals surface area (Å²) in [6, 6.07) is 8.00. The lowest BCUT2D eigenvalue weighted by molar-refractivity contribution is 0.268. The Labute approximate surface area is 160 Å². The monoisotopic (exact) mass is 415 g/mol. The molecule has 0 atom stereocenters. The normalized spacial score (nSPS) is 15.6. The van der Waals surface area contributed by atoms with E-state index in [1.165, 1.54) is 24.3 Å². The number of hydrogen-bond donors (Lipinski definition) is 1. The fraction of sp³-hybridized carbons (Fsp3) is 0.235. The van der Waals surface area contributed by atoms with Gasteiger partial charge in [0.25, 0.3) is 0 Å². The van der Waals surface area contributed by atoms with Gasteiger partial charge in [0.05, 0.1) is 0 Å². The second-order valence-electron chi connectivity index (χ2n) is 5.90. The maximum atomic E-state index is 13.9. The zero-order valence-corrected chi connectivity index (χ0v) is 15.7. The first-order chi connectivity index (χ1) is 12.8. The zero-order chi connectivity index (χ0) is 19.6. The minimum Gasteiger partial charge on any atom is -0.346 e. The van der Waals surface area contributed by atoms with E-state index in [-0.39, 0.29) is 32.0 Å². The van der Waals surface area contributed by atoms with Crippen LogP contribution in [0.3, 0.4) is 0 Å². The topological polar surface area (TPSA) is 52.7 Å². The molecule has 2 aromatic rings. The third-order valence-electron chi connectivity index (χ3n) is 4.13. The van der Waals surface area contributed by atoms with Crippen LogP contribution in [-0.2, 0) is 10.0 Å². The Kier molecular flexibility index (Phi) is 5.68. The van der Waals surface area contributed by atoms with Gasteiger partial charge in [-0.15, -0.1) is 0 Å². The van der Waals surface area contributed by atoms with Crippen LogP contribution in [0, 0.1) is 17.5 Å². The van der Waals surface area contributed by atoms with E-state index in [4.69, 9.17) is 12.2 Å². The number of benzene rings is 2. The van der Waals surface area contributed by atoms with Gasteiger partial charge in [0.2, 0.25) is 10.0 Å². The summed E-state index contributed by atoms with van der Waals surface area (Å²) in [4.78, 5) is 1.08. The molecule has 1 saturated heterocycles.